The van der Waals surface area contributed by atoms with Crippen molar-refractivity contribution in [2.75, 3.05) is 11.9 Å². The van der Waals surface area contributed by atoms with Crippen molar-refractivity contribution in [3.8, 4) is 0 Å². The first-order chi connectivity index (χ1) is 15.0. The summed E-state index contributed by atoms with van der Waals surface area (Å²) in [6.07, 6.45) is 1.86. The fourth-order valence-corrected chi connectivity index (χ4v) is 4.40. The number of hydrogen-bond donors (Lipinski definition) is 2. The van der Waals surface area contributed by atoms with Gasteiger partial charge < -0.3 is 15.5 Å². The molecule has 2 aliphatic rings. The zero-order valence-electron chi connectivity index (χ0n) is 17.6. The van der Waals surface area contributed by atoms with Gasteiger partial charge >= 0.3 is 0 Å². The summed E-state index contributed by atoms with van der Waals surface area (Å²) in [4.78, 5) is 31.6. The lowest BCUT2D eigenvalue weighted by atomic mass is 10.1. The molecule has 2 N–H and O–H groups in total. The molecule has 0 saturated carbocycles. The zero-order valence-corrected chi connectivity index (χ0v) is 17.6. The molecular formula is C23H24N6O2. The van der Waals surface area contributed by atoms with Gasteiger partial charge in [-0.25, -0.2) is 4.98 Å². The Balaban J connectivity index is 1.25. The molecule has 0 spiro atoms. The predicted molar refractivity (Wildman–Crippen MR) is 116 cm³/mol. The Kier molecular flexibility index (Phi) is 4.69. The van der Waals surface area contributed by atoms with Crippen molar-refractivity contribution >= 4 is 23.5 Å². The molecule has 1 aliphatic heterocycles. The third-order valence-electron chi connectivity index (χ3n) is 5.89. The molecule has 3 aromatic rings. The molecule has 31 heavy (non-hydrogen) atoms. The monoisotopic (exact) mass is 416 g/mol. The number of aromatic nitrogens is 3. The number of carbonyl (C=O) groups is 2. The molecule has 0 saturated heterocycles. The maximum atomic E-state index is 12.9. The Bertz CT molecular complexity index is 1180. The fraction of sp³-hybridized carbons (Fsp3) is 0.304. The normalized spacial score (nSPS) is 16.9. The van der Waals surface area contributed by atoms with Gasteiger partial charge in [0.15, 0.2) is 0 Å². The van der Waals surface area contributed by atoms with Crippen LogP contribution in [0.4, 0.5) is 11.6 Å². The van der Waals surface area contributed by atoms with Crippen molar-refractivity contribution in [1.29, 1.82) is 0 Å². The molecule has 1 aliphatic carbocycles. The second kappa shape index (κ2) is 7.54. The highest BCUT2D eigenvalue weighted by Crippen LogP contribution is 2.31. The SMILES string of the molecule is Cc1cc(Nc2ccc3c(n2)C(=O)N(CC(=O)N[C@H]2CCc4ccccc42)C3)n(C)n1. The molecule has 0 bridgehead atoms. The van der Waals surface area contributed by atoms with E-state index < -0.39 is 0 Å². The summed E-state index contributed by atoms with van der Waals surface area (Å²) >= 11 is 0. The summed E-state index contributed by atoms with van der Waals surface area (Å²) in [5, 5.41) is 10.6. The van der Waals surface area contributed by atoms with Crippen LogP contribution >= 0.6 is 0 Å². The average molecular weight is 416 g/mol. The zero-order chi connectivity index (χ0) is 21.5. The summed E-state index contributed by atoms with van der Waals surface area (Å²) in [5.41, 5.74) is 4.57. The minimum Gasteiger partial charge on any atom is -0.348 e. The number of anilines is 2. The highest BCUT2D eigenvalue weighted by atomic mass is 16.2. The van der Waals surface area contributed by atoms with E-state index in [0.29, 0.717) is 18.1 Å². The Hall–Kier alpha value is -3.68. The van der Waals surface area contributed by atoms with E-state index in [9.17, 15) is 9.59 Å². The number of nitrogens with one attached hydrogen (secondary N) is 2. The number of carbonyl (C=O) groups excluding carboxylic acids is 2. The number of fused-ring (bicyclic) bond motifs is 2. The van der Waals surface area contributed by atoms with Crippen LogP contribution in [0.25, 0.3) is 0 Å². The van der Waals surface area contributed by atoms with Gasteiger partial charge in [-0.15, -0.1) is 0 Å². The molecule has 3 heterocycles. The number of pyridine rings is 1. The second-order valence-corrected chi connectivity index (χ2v) is 8.14. The number of amides is 2. The van der Waals surface area contributed by atoms with Crippen molar-refractivity contribution in [1.82, 2.24) is 25.0 Å². The molecule has 0 radical (unpaired) electrons. The highest BCUT2D eigenvalue weighted by Gasteiger charge is 2.32. The van der Waals surface area contributed by atoms with Crippen molar-refractivity contribution in [3.63, 3.8) is 0 Å². The molecule has 158 valence electrons. The molecule has 0 unspecified atom stereocenters. The Morgan fingerprint density at radius 1 is 1.19 bits per heavy atom. The van der Waals surface area contributed by atoms with Crippen LogP contribution in [0.2, 0.25) is 0 Å². The van der Waals surface area contributed by atoms with E-state index in [-0.39, 0.29) is 24.4 Å². The van der Waals surface area contributed by atoms with E-state index in [1.54, 1.807) is 9.58 Å². The number of benzene rings is 1. The molecule has 8 heteroatoms. The van der Waals surface area contributed by atoms with Crippen LogP contribution in [-0.2, 0) is 24.8 Å². The van der Waals surface area contributed by atoms with Gasteiger partial charge in [-0.3, -0.25) is 14.3 Å². The van der Waals surface area contributed by atoms with E-state index in [4.69, 9.17) is 0 Å². The van der Waals surface area contributed by atoms with Gasteiger partial charge in [0.1, 0.15) is 23.9 Å². The number of aryl methyl sites for hydroxylation is 3. The molecule has 5 rings (SSSR count). The van der Waals surface area contributed by atoms with Crippen LogP contribution in [0.5, 0.6) is 0 Å². The smallest absolute Gasteiger partial charge is 0.273 e. The minimum atomic E-state index is -0.221. The molecule has 0 fully saturated rings. The number of rotatable bonds is 5. The van der Waals surface area contributed by atoms with E-state index in [1.165, 1.54) is 11.1 Å². The maximum absolute atomic E-state index is 12.9. The van der Waals surface area contributed by atoms with Crippen LogP contribution in [0.1, 0.15) is 45.3 Å². The van der Waals surface area contributed by atoms with Crippen LogP contribution in [-0.4, -0.2) is 38.0 Å². The molecule has 1 aromatic carbocycles. The topological polar surface area (TPSA) is 92.1 Å². The largest absolute Gasteiger partial charge is 0.348 e. The number of nitrogens with zero attached hydrogens (tertiary/aromatic N) is 4. The van der Waals surface area contributed by atoms with Crippen LogP contribution in [0.15, 0.2) is 42.5 Å². The second-order valence-electron chi connectivity index (χ2n) is 8.14. The summed E-state index contributed by atoms with van der Waals surface area (Å²) in [7, 11) is 1.84. The fourth-order valence-electron chi connectivity index (χ4n) is 4.40. The van der Waals surface area contributed by atoms with Gasteiger partial charge in [-0.05, 0) is 37.0 Å². The van der Waals surface area contributed by atoms with Gasteiger partial charge in [0.2, 0.25) is 5.91 Å². The summed E-state index contributed by atoms with van der Waals surface area (Å²) in [6.45, 7) is 2.33. The Labute approximate surface area is 180 Å². The molecule has 1 atom stereocenters. The van der Waals surface area contributed by atoms with Crippen molar-refractivity contribution < 1.29 is 9.59 Å². The lowest BCUT2D eigenvalue weighted by Crippen LogP contribution is -2.38. The highest BCUT2D eigenvalue weighted by molar-refractivity contribution is 5.99. The average Bonchev–Trinajstić information content (AvgIpc) is 3.39. The van der Waals surface area contributed by atoms with Crippen molar-refractivity contribution in [2.45, 2.75) is 32.4 Å². The van der Waals surface area contributed by atoms with Gasteiger partial charge in [-0.2, -0.15) is 5.10 Å². The lowest BCUT2D eigenvalue weighted by Gasteiger charge is -2.18. The Morgan fingerprint density at radius 2 is 2.03 bits per heavy atom. The maximum Gasteiger partial charge on any atom is 0.273 e. The standard InChI is InChI=1S/C23H24N6O2/c1-14-11-20(28(2)27-14)25-19-10-8-16-12-29(23(31)22(16)26-19)13-21(30)24-18-9-7-15-5-3-4-6-17(15)18/h3-6,8,10-11,18H,7,9,12-13H2,1-2H3,(H,24,30)(H,25,26)/t18-/m0/s1. The molecule has 8 nitrogen and oxygen atoms in total. The Morgan fingerprint density at radius 3 is 2.84 bits per heavy atom. The van der Waals surface area contributed by atoms with Gasteiger partial charge in [0.05, 0.1) is 11.7 Å². The van der Waals surface area contributed by atoms with E-state index in [2.05, 4.69) is 32.8 Å². The molecule has 2 aromatic heterocycles. The first kappa shape index (κ1) is 19.3. The van der Waals surface area contributed by atoms with Crippen LogP contribution in [0, 0.1) is 6.92 Å². The van der Waals surface area contributed by atoms with Crippen molar-refractivity contribution in [2.24, 2.45) is 7.05 Å². The number of hydrogen-bond acceptors (Lipinski definition) is 5. The third kappa shape index (κ3) is 3.65. The van der Waals surface area contributed by atoms with Gasteiger partial charge in [-0.1, -0.05) is 30.3 Å². The van der Waals surface area contributed by atoms with Crippen LogP contribution < -0.4 is 10.6 Å². The first-order valence-corrected chi connectivity index (χ1v) is 10.4. The van der Waals surface area contributed by atoms with Crippen molar-refractivity contribution in [3.05, 3.63) is 70.5 Å². The van der Waals surface area contributed by atoms with Gasteiger partial charge in [0, 0.05) is 25.2 Å². The lowest BCUT2D eigenvalue weighted by molar-refractivity contribution is -0.122. The van der Waals surface area contributed by atoms with E-state index >= 15 is 0 Å². The summed E-state index contributed by atoms with van der Waals surface area (Å²) < 4.78 is 1.73. The minimum absolute atomic E-state index is 0.0139. The first-order valence-electron chi connectivity index (χ1n) is 10.4. The van der Waals surface area contributed by atoms with Gasteiger partial charge in [0.25, 0.3) is 5.91 Å². The molecular weight excluding hydrogens is 392 g/mol. The third-order valence-corrected chi connectivity index (χ3v) is 5.89. The summed E-state index contributed by atoms with van der Waals surface area (Å²) in [5.74, 6) is 1.00. The van der Waals surface area contributed by atoms with E-state index in [1.807, 2.05) is 44.3 Å². The quantitative estimate of drug-likeness (QED) is 0.667. The predicted octanol–water partition coefficient (Wildman–Crippen LogP) is 2.63. The van der Waals surface area contributed by atoms with Crippen LogP contribution in [0.3, 0.4) is 0 Å². The molecule has 2 amide bonds. The summed E-state index contributed by atoms with van der Waals surface area (Å²) in [6, 6.07) is 13.8. The van der Waals surface area contributed by atoms with E-state index in [0.717, 1.165) is 29.9 Å².